The average molecular weight is 899 g/mol. The monoisotopic (exact) mass is 898 g/mol. The smallest absolute Gasteiger partial charge is 0.421 e. The molecule has 0 unspecified atom stereocenters. The Morgan fingerprint density at radius 2 is 1.17 bits per heavy atom. The van der Waals surface area contributed by atoms with Crippen LogP contribution in [0.4, 0.5) is 40.3 Å². The molecule has 0 aromatic heterocycles. The summed E-state index contributed by atoms with van der Waals surface area (Å²) in [6.07, 6.45) is -5.01. The number of phenols is 2. The van der Waals surface area contributed by atoms with Crippen LogP contribution in [0.1, 0.15) is 53.4 Å². The fourth-order valence-electron chi connectivity index (χ4n) is 5.87. The second-order valence-electron chi connectivity index (χ2n) is 13.4. The quantitative estimate of drug-likeness (QED) is 0.0404. The van der Waals surface area contributed by atoms with E-state index in [1.54, 1.807) is 6.07 Å². The Morgan fingerprint density at radius 1 is 0.677 bits per heavy atom. The molecule has 5 amide bonds. The number of rotatable bonds is 15. The van der Waals surface area contributed by atoms with Crippen LogP contribution in [0, 0.1) is 17.1 Å². The number of aromatic carboxylic acids is 1. The lowest BCUT2D eigenvalue weighted by molar-refractivity contribution is -0.126. The van der Waals surface area contributed by atoms with Crippen LogP contribution in [0.2, 0.25) is 0 Å². The number of benzene rings is 5. The minimum Gasteiger partial charge on any atom is -0.504 e. The molecule has 8 N–H and O–H groups in total. The molecule has 65 heavy (non-hydrogen) atoms. The lowest BCUT2D eigenvalue weighted by Gasteiger charge is -2.17. The van der Waals surface area contributed by atoms with Gasteiger partial charge in [0, 0.05) is 22.5 Å². The van der Waals surface area contributed by atoms with Gasteiger partial charge in [0.25, 0.3) is 23.6 Å². The molecule has 5 aromatic carbocycles. The van der Waals surface area contributed by atoms with E-state index in [0.717, 1.165) is 74.9 Å². The largest absolute Gasteiger partial charge is 0.504 e. The van der Waals surface area contributed by atoms with Crippen molar-refractivity contribution in [2.24, 2.45) is 0 Å². The number of methoxy groups -OCH3 is 2. The highest BCUT2D eigenvalue weighted by Gasteiger charge is 2.38. The van der Waals surface area contributed by atoms with Crippen molar-refractivity contribution in [3.05, 3.63) is 136 Å². The Hall–Kier alpha value is -8.93. The van der Waals surface area contributed by atoms with E-state index in [1.807, 2.05) is 0 Å². The molecule has 0 bridgehead atoms. The summed E-state index contributed by atoms with van der Waals surface area (Å²) in [4.78, 5) is 76.4. The zero-order valence-corrected chi connectivity index (χ0v) is 33.7. The number of nitrogens with one attached hydrogen (secondary N) is 5. The highest BCUT2D eigenvalue weighted by Crippen LogP contribution is 2.40. The molecule has 0 saturated heterocycles. The third-order valence-corrected chi connectivity index (χ3v) is 9.11. The summed E-state index contributed by atoms with van der Waals surface area (Å²) in [5.74, 6) is -9.08. The minimum absolute atomic E-state index is 0.0446. The Labute approximate surface area is 364 Å². The Balaban J connectivity index is 1.20. The summed E-state index contributed by atoms with van der Waals surface area (Å²) in [6.45, 7) is 0. The van der Waals surface area contributed by atoms with Crippen LogP contribution in [0.25, 0.3) is 6.08 Å². The number of carbonyl (C=O) groups is 6. The van der Waals surface area contributed by atoms with Crippen LogP contribution < -0.4 is 36.1 Å². The first-order valence-electron chi connectivity index (χ1n) is 18.6. The van der Waals surface area contributed by atoms with Crippen LogP contribution in [0.15, 0.2) is 103 Å². The lowest BCUT2D eigenvalue weighted by Crippen LogP contribution is -2.43. The molecule has 0 radical (unpaired) electrons. The summed E-state index contributed by atoms with van der Waals surface area (Å²) in [5.41, 5.74) is -2.67. The number of phenolic OH excluding ortho intramolecular Hbond substituents is 1. The van der Waals surface area contributed by atoms with Crippen molar-refractivity contribution >= 4 is 64.3 Å². The predicted octanol–water partition coefficient (Wildman–Crippen LogP) is 6.69. The molecule has 5 rings (SSSR count). The van der Waals surface area contributed by atoms with E-state index < -0.39 is 82.6 Å². The number of nitrogens with zero attached hydrogens (tertiary/aromatic N) is 1. The number of carbonyl (C=O) groups excluding carboxylic acids is 5. The van der Waals surface area contributed by atoms with Gasteiger partial charge in [-0.05, 0) is 96.6 Å². The number of alkyl halides is 3. The molecule has 21 heteroatoms. The first kappa shape index (κ1) is 47.1. The molecule has 0 aliphatic carbocycles. The summed E-state index contributed by atoms with van der Waals surface area (Å²) in [6, 6.07) is 18.9. The minimum atomic E-state index is -5.07. The molecular formula is C44H34F4N6O11. The third-order valence-electron chi connectivity index (χ3n) is 9.11. The average Bonchev–Trinajstić information content (AvgIpc) is 3.26. The van der Waals surface area contributed by atoms with Gasteiger partial charge in [-0.1, -0.05) is 12.1 Å². The molecular weight excluding hydrogens is 865 g/mol. The number of hydrogen-bond donors (Lipinski definition) is 8. The van der Waals surface area contributed by atoms with Crippen LogP contribution in [0.3, 0.4) is 0 Å². The molecule has 334 valence electrons. The molecule has 0 aliphatic rings. The van der Waals surface area contributed by atoms with Crippen molar-refractivity contribution in [2.75, 3.05) is 35.5 Å². The van der Waals surface area contributed by atoms with Crippen molar-refractivity contribution in [2.45, 2.75) is 18.6 Å². The van der Waals surface area contributed by atoms with Crippen LogP contribution >= 0.6 is 0 Å². The van der Waals surface area contributed by atoms with Gasteiger partial charge in [0.1, 0.15) is 23.0 Å². The Bertz CT molecular complexity index is 2740. The Morgan fingerprint density at radius 3 is 1.68 bits per heavy atom. The lowest BCUT2D eigenvalue weighted by atomic mass is 10.1. The number of carboxylic acids is 1. The van der Waals surface area contributed by atoms with Crippen molar-refractivity contribution < 1.29 is 71.1 Å². The molecule has 0 spiro atoms. The topological polar surface area (TPSA) is 266 Å². The van der Waals surface area contributed by atoms with Gasteiger partial charge in [-0.2, -0.15) is 18.4 Å². The second kappa shape index (κ2) is 20.3. The van der Waals surface area contributed by atoms with Crippen molar-refractivity contribution in [1.29, 1.82) is 5.26 Å². The molecule has 17 nitrogen and oxygen atoms in total. The van der Waals surface area contributed by atoms with E-state index in [4.69, 9.17) is 9.47 Å². The molecule has 0 aliphatic heterocycles. The highest BCUT2D eigenvalue weighted by molar-refractivity contribution is 6.11. The maximum Gasteiger partial charge on any atom is 0.421 e. The summed E-state index contributed by atoms with van der Waals surface area (Å²) < 4.78 is 64.6. The van der Waals surface area contributed by atoms with Gasteiger partial charge >= 0.3 is 12.1 Å². The van der Waals surface area contributed by atoms with Crippen LogP contribution in [-0.4, -0.2) is 77.3 Å². The van der Waals surface area contributed by atoms with Crippen molar-refractivity contribution in [3.8, 4) is 29.1 Å². The molecule has 5 aromatic rings. The SMILES string of the molecule is COc1c(NC(=O)c2ccc(NC(=O)c3ccc(NC(=O)[C@H](CC#N)NC(=O)c4ccc(NC(=O)/C(=C/c5ccc(F)cc5)C(F)(F)F)cc4)cc3)c(OC)c2O)ccc(C(=O)O)c1O. The number of amides is 5. The molecule has 0 saturated carbocycles. The fourth-order valence-corrected chi connectivity index (χ4v) is 5.87. The first-order chi connectivity index (χ1) is 30.8. The number of aromatic hydroxyl groups is 2. The van der Waals surface area contributed by atoms with Gasteiger partial charge < -0.3 is 51.4 Å². The maximum atomic E-state index is 13.7. The van der Waals surface area contributed by atoms with Gasteiger partial charge in [-0.3, -0.25) is 24.0 Å². The summed E-state index contributed by atoms with van der Waals surface area (Å²) in [7, 11) is 2.30. The predicted molar refractivity (Wildman–Crippen MR) is 224 cm³/mol. The maximum absolute atomic E-state index is 13.7. The van der Waals surface area contributed by atoms with Crippen molar-refractivity contribution in [3.63, 3.8) is 0 Å². The van der Waals surface area contributed by atoms with Gasteiger partial charge in [0.2, 0.25) is 5.91 Å². The zero-order valence-electron chi connectivity index (χ0n) is 33.7. The van der Waals surface area contributed by atoms with E-state index in [-0.39, 0.29) is 56.5 Å². The van der Waals surface area contributed by atoms with Gasteiger partial charge in [0.05, 0.1) is 43.6 Å². The molecule has 0 heterocycles. The van der Waals surface area contributed by atoms with E-state index in [1.165, 1.54) is 36.4 Å². The van der Waals surface area contributed by atoms with Gasteiger partial charge in [0.15, 0.2) is 23.0 Å². The van der Waals surface area contributed by atoms with Crippen molar-refractivity contribution in [1.82, 2.24) is 5.32 Å². The number of halogens is 4. The third kappa shape index (κ3) is 11.5. The standard InChI is InChI=1S/C44H34F4N6O11/c1-64-36-31(17-15-28(34(36)55)40(59)53-32-18-16-29(43(62)63)35(56)37(32)65-2)52-38(57)23-7-13-27(14-8-23)51-42(61)33(19-20-49)54-39(58)24-5-11-26(12-6-24)50-41(60)30(44(46,47)48)21-22-3-9-25(45)10-4-22/h3-18,21,33,55-56H,19H2,1-2H3,(H,50,60)(H,51,61)(H,52,57)(H,53,59)(H,54,58)(H,62,63)/b30-21-/t33-/m0/s1. The molecule has 0 fully saturated rings. The second-order valence-corrected chi connectivity index (χ2v) is 13.4. The first-order valence-corrected chi connectivity index (χ1v) is 18.6. The zero-order chi connectivity index (χ0) is 47.6. The number of nitriles is 1. The fraction of sp³-hybridized carbons (Fsp3) is 0.114. The Kier molecular flexibility index (Phi) is 14.7. The van der Waals surface area contributed by atoms with Crippen LogP contribution in [0.5, 0.6) is 23.0 Å². The van der Waals surface area contributed by atoms with E-state index in [0.29, 0.717) is 6.08 Å². The van der Waals surface area contributed by atoms with E-state index in [9.17, 15) is 66.9 Å². The highest BCUT2D eigenvalue weighted by atomic mass is 19.4. The normalized spacial score (nSPS) is 11.6. The summed E-state index contributed by atoms with van der Waals surface area (Å²) in [5, 5.41) is 51.7. The summed E-state index contributed by atoms with van der Waals surface area (Å²) >= 11 is 0. The van der Waals surface area contributed by atoms with E-state index >= 15 is 0 Å². The van der Waals surface area contributed by atoms with E-state index in [2.05, 4.69) is 26.6 Å². The van der Waals surface area contributed by atoms with Gasteiger partial charge in [-0.25, -0.2) is 9.18 Å². The van der Waals surface area contributed by atoms with Gasteiger partial charge in [-0.15, -0.1) is 0 Å². The van der Waals surface area contributed by atoms with Crippen LogP contribution in [-0.2, 0) is 9.59 Å². The number of ether oxygens (including phenoxy) is 2. The number of anilines is 4. The molecule has 1 atom stereocenters. The number of hydrogen-bond acceptors (Lipinski definition) is 11. The number of carboxylic acid groups (broad SMARTS) is 1.